The summed E-state index contributed by atoms with van der Waals surface area (Å²) in [6.07, 6.45) is 17.3. The highest BCUT2D eigenvalue weighted by Crippen LogP contribution is 2.45. The van der Waals surface area contributed by atoms with Crippen molar-refractivity contribution >= 4 is 122 Å². The summed E-state index contributed by atoms with van der Waals surface area (Å²) >= 11 is 0. The number of amides is 9. The number of hydrazine groups is 3. The van der Waals surface area contributed by atoms with Gasteiger partial charge in [-0.25, -0.2) is 21.1 Å². The number of carbonyl (C=O) groups is 12. The topological polar surface area (TPSA) is 408 Å². The molecule has 6 fully saturated rings. The van der Waals surface area contributed by atoms with E-state index in [0.29, 0.717) is 119 Å². The van der Waals surface area contributed by atoms with Gasteiger partial charge in [0.05, 0.1) is 82.4 Å². The number of nitrogens with one attached hydrogen (secondary N) is 9. The van der Waals surface area contributed by atoms with Gasteiger partial charge in [0.25, 0.3) is 35.4 Å². The van der Waals surface area contributed by atoms with Crippen molar-refractivity contribution in [3.05, 3.63) is 143 Å². The molecule has 10 heterocycles. The number of hydrogen-bond donors (Lipinski definition) is 9. The predicted molar refractivity (Wildman–Crippen MR) is 497 cm³/mol. The Morgan fingerprint density at radius 2 is 0.727 bits per heavy atom. The number of carbonyl (C=O) groups excluding carboxylic acids is 12. The third-order valence-corrected chi connectivity index (χ3v) is 27.0. The second-order valence-electron chi connectivity index (χ2n) is 38.8. The summed E-state index contributed by atoms with van der Waals surface area (Å²) < 4.78 is 29.4. The number of rotatable bonds is 3. The molecule has 7 aliphatic heterocycles. The van der Waals surface area contributed by atoms with Crippen LogP contribution in [-0.2, 0) is 81.2 Å². The van der Waals surface area contributed by atoms with Gasteiger partial charge in [0, 0.05) is 35.8 Å². The number of cyclic esters (lactones) is 3. The number of esters is 3. The molecule has 9 amide bonds. The molecule has 15 rings (SSSR count). The van der Waals surface area contributed by atoms with Crippen LogP contribution in [0, 0.1) is 40.4 Å². The molecule has 32 nitrogen and oxygen atoms in total. The summed E-state index contributed by atoms with van der Waals surface area (Å²) in [6, 6.07) is 24.1. The largest absolute Gasteiger partial charge is 0.451 e. The van der Waals surface area contributed by atoms with Gasteiger partial charge < -0.3 is 55.6 Å². The maximum atomic E-state index is 14.0. The molecule has 9 N–H and O–H groups in total. The second kappa shape index (κ2) is 42.2. The normalized spacial score (nSPS) is 31.5. The van der Waals surface area contributed by atoms with Crippen molar-refractivity contribution in [3.8, 4) is 0 Å². The smallest absolute Gasteiger partial charge is 0.345 e. The molecule has 32 heteroatoms. The summed E-state index contributed by atoms with van der Waals surface area (Å²) in [4.78, 5) is 177. The highest BCUT2D eigenvalue weighted by atomic mass is 16.6. The van der Waals surface area contributed by atoms with Gasteiger partial charge in [0.15, 0.2) is 18.3 Å². The van der Waals surface area contributed by atoms with E-state index in [0.717, 1.165) is 75.3 Å². The van der Waals surface area contributed by atoms with Crippen LogP contribution in [0.15, 0.2) is 109 Å². The zero-order valence-electron chi connectivity index (χ0n) is 78.6. The zero-order chi connectivity index (χ0) is 94.8. The molecule has 708 valence electrons. The first-order valence-corrected chi connectivity index (χ1v) is 47.0. The van der Waals surface area contributed by atoms with Gasteiger partial charge in [-0.1, -0.05) is 140 Å². The quantitative estimate of drug-likeness (QED) is 0.0587. The molecule has 4 saturated heterocycles. The monoisotopic (exact) mass is 1810 g/mol. The van der Waals surface area contributed by atoms with Gasteiger partial charge in [-0.3, -0.25) is 82.7 Å². The Labute approximate surface area is 771 Å². The number of hydrogen-bond acceptors (Lipinski definition) is 23. The standard InChI is InChI=1S/C35H47N5O5.C34H45N5O5.C31H39N5O7/c1-21(2)29-30(41)36-24(5)31(42)40-19-7-15-34(6,39-40)32(43)37-23(4)27-11-10-26-9-8-25(20-28(26)38-27)14-18-35(33(44)45-29)16-12-22(3)13-17-35;1-20(2)29-31(41)36-23(5)32(42)39-18-6-7-27(38-39)30(40)35-22(4)26-11-10-25-9-8-24(19-28(25)37-26)14-17-34(33(43)44-29)15-12-21(3)13-16-34;1-18(2)26-28(38)33-20(4)29(39)36-13-5-6-24(35-36)27(37)32-19(3)23-10-9-22-8-7-21(16-25(22)34-23)11-12-31(30(40)43-26)17-41-14-15-42-31/h8-11,14,18,20-24,29,39H,7,12-13,15-17,19H2,1-6H3,(H,36,41)(H,37,43);8-11,14,17,19-23,27,29,38H,6-7,12-13,15-16,18H2,1-5H3,(H,35,40)(H,36,41);7-12,16,18-20,24,26,35H,5-6,13-15,17H2,1-4H3,(H,32,37)(H,33,38)/b18-14+;17-14+;12-11+/t22?,23-,24+,29+,34?,35?;21?,22-,23+,27+,29-,34?;19-,20+,24+,26+,31+/m111/s1. The third kappa shape index (κ3) is 23.1. The van der Waals surface area contributed by atoms with Crippen molar-refractivity contribution in [2.45, 2.75) is 272 Å². The first-order chi connectivity index (χ1) is 62.8. The van der Waals surface area contributed by atoms with Crippen molar-refractivity contribution in [1.29, 1.82) is 0 Å². The fraction of sp³-hybridized carbons (Fsp3) is 0.550. The Kier molecular flexibility index (Phi) is 31.3. The Hall–Kier alpha value is -11.5. The molecule has 3 spiro atoms. The zero-order valence-corrected chi connectivity index (χ0v) is 78.6. The van der Waals surface area contributed by atoms with Gasteiger partial charge >= 0.3 is 17.9 Å². The fourth-order valence-electron chi connectivity index (χ4n) is 18.2. The lowest BCUT2D eigenvalue weighted by atomic mass is 9.70. The lowest BCUT2D eigenvalue weighted by molar-refractivity contribution is -0.195. The molecule has 3 aromatic heterocycles. The number of ether oxygens (including phenoxy) is 5. The second-order valence-corrected chi connectivity index (χ2v) is 38.8. The summed E-state index contributed by atoms with van der Waals surface area (Å²) in [6.45, 7) is 28.9. The van der Waals surface area contributed by atoms with Crippen LogP contribution in [-0.4, -0.2) is 200 Å². The predicted octanol–water partition coefficient (Wildman–Crippen LogP) is 10.6. The number of nitrogens with zero attached hydrogens (tertiary/aromatic N) is 6. The lowest BCUT2D eigenvalue weighted by Gasteiger charge is -2.41. The average molecular weight is 1820 g/mol. The van der Waals surface area contributed by atoms with Crippen LogP contribution in [0.4, 0.5) is 0 Å². The summed E-state index contributed by atoms with van der Waals surface area (Å²) in [5.41, 5.74) is 11.8. The first kappa shape index (κ1) is 98.1. The van der Waals surface area contributed by atoms with Crippen molar-refractivity contribution in [3.63, 3.8) is 0 Å². The van der Waals surface area contributed by atoms with Crippen LogP contribution >= 0.6 is 0 Å². The van der Waals surface area contributed by atoms with Crippen LogP contribution in [0.5, 0.6) is 0 Å². The average Bonchev–Trinajstić information content (AvgIpc) is 1.10. The number of benzene rings is 3. The van der Waals surface area contributed by atoms with Gasteiger partial charge in [-0.15, -0.1) is 0 Å². The van der Waals surface area contributed by atoms with Crippen LogP contribution in [0.25, 0.3) is 50.9 Å². The SMILES string of the molecule is CC(C)[C@@H]1OC(=O)[C@]2(/C=C/c3ccc4ccc(nc4c3)[C@@H](C)NC(=O)[C@@H]3CCCN(N3)C(=O)[C@H](C)NC1=O)COCCO2.CC1CCC2(/C=C/c3ccc4ccc(nc4c3)[C@@H](C)NC(=O)C3(C)CCCN(N3)C(=O)[C@H](C)NC(=O)[C@H](C(C)C)OC2=O)CC1.CC1CCC2(/C=C/c3ccc4ccc(nc4c3)[C@@H](C)NC(=O)[C@@H]3CCCN(N3)C(=O)[C@H](C)NC(=O)[C@@H](C(C)C)OC2=O)CC1. The molecule has 0 radical (unpaired) electrons. The Morgan fingerprint density at radius 1 is 0.379 bits per heavy atom. The van der Waals surface area contributed by atoms with Gasteiger partial charge in [-0.2, -0.15) is 0 Å². The molecule has 6 aromatic rings. The minimum atomic E-state index is -1.57. The highest BCUT2D eigenvalue weighted by Gasteiger charge is 2.49. The molecule has 3 aromatic carbocycles. The van der Waals surface area contributed by atoms with Crippen molar-refractivity contribution in [1.82, 2.24) is 78.2 Å². The van der Waals surface area contributed by atoms with E-state index in [9.17, 15) is 57.5 Å². The van der Waals surface area contributed by atoms with Crippen molar-refractivity contribution < 1.29 is 81.2 Å². The van der Waals surface area contributed by atoms with E-state index in [2.05, 4.69) is 62.0 Å². The Morgan fingerprint density at radius 3 is 1.11 bits per heavy atom. The minimum Gasteiger partial charge on any atom is -0.451 e. The Bertz CT molecular complexity index is 5400. The maximum absolute atomic E-state index is 14.0. The summed E-state index contributed by atoms with van der Waals surface area (Å²) in [5, 5.41) is 24.4. The van der Waals surface area contributed by atoms with Crippen LogP contribution in [0.3, 0.4) is 0 Å². The van der Waals surface area contributed by atoms with Crippen LogP contribution < -0.4 is 48.2 Å². The van der Waals surface area contributed by atoms with Gasteiger partial charge in [-0.05, 0) is 227 Å². The van der Waals surface area contributed by atoms with E-state index in [1.165, 1.54) is 15.0 Å². The van der Waals surface area contributed by atoms with E-state index in [1.807, 2.05) is 164 Å². The maximum Gasteiger partial charge on any atom is 0.345 e. The molecule has 15 bridgehead atoms. The molecule has 13 atom stereocenters. The molecule has 132 heavy (non-hydrogen) atoms. The van der Waals surface area contributed by atoms with Gasteiger partial charge in [0.1, 0.15) is 35.7 Å². The van der Waals surface area contributed by atoms with Crippen molar-refractivity contribution in [2.24, 2.45) is 40.4 Å². The van der Waals surface area contributed by atoms with E-state index in [-0.39, 0.29) is 66.7 Å². The lowest BCUT2D eigenvalue weighted by Crippen LogP contribution is -2.67. The molecule has 1 unspecified atom stereocenters. The number of pyridine rings is 3. The van der Waals surface area contributed by atoms with E-state index < -0.39 is 124 Å². The summed E-state index contributed by atoms with van der Waals surface area (Å²) in [5.74, 6) is -5.14. The van der Waals surface area contributed by atoms with E-state index in [1.54, 1.807) is 53.7 Å². The first-order valence-electron chi connectivity index (χ1n) is 47.0. The molecule has 9 aliphatic rings. The van der Waals surface area contributed by atoms with Gasteiger partial charge in [0.2, 0.25) is 23.3 Å². The molecular formula is C100H131N15O17. The highest BCUT2D eigenvalue weighted by molar-refractivity contribution is 5.96. The summed E-state index contributed by atoms with van der Waals surface area (Å²) in [7, 11) is 0. The molecule has 2 saturated carbocycles. The van der Waals surface area contributed by atoms with E-state index >= 15 is 0 Å². The molecular weight excluding hydrogens is 1680 g/mol. The minimum absolute atomic E-state index is 0.0847. The van der Waals surface area contributed by atoms with Crippen LogP contribution in [0.1, 0.15) is 246 Å². The van der Waals surface area contributed by atoms with Crippen molar-refractivity contribution in [2.75, 3.05) is 39.5 Å². The van der Waals surface area contributed by atoms with E-state index in [4.69, 9.17) is 38.6 Å². The third-order valence-electron chi connectivity index (χ3n) is 27.0. The Balaban J connectivity index is 0.000000168. The fourth-order valence-corrected chi connectivity index (χ4v) is 18.2. The number of aromatic nitrogens is 3. The van der Waals surface area contributed by atoms with Crippen LogP contribution in [0.2, 0.25) is 0 Å². The number of fused-ring (bicyclic) bond motifs is 12. The molecule has 2 aliphatic carbocycles.